The number of nitrogens with two attached hydrogens (primary N) is 1. The maximum Gasteiger partial charge on any atom is 0.263 e. The first-order valence-corrected chi connectivity index (χ1v) is 11.8. The summed E-state index contributed by atoms with van der Waals surface area (Å²) in [5.74, 6) is -0.0683. The lowest BCUT2D eigenvalue weighted by atomic mass is 9.87. The average Bonchev–Trinajstić information content (AvgIpc) is 3.25. The first kappa shape index (κ1) is 18.8. The van der Waals surface area contributed by atoms with Gasteiger partial charge in [-0.1, -0.05) is 6.07 Å². The standard InChI is InChI=1S/C21H25N5OS2/c1-12-24-21-19(28-12)17(22)18(29-21)20(27)25-15-4-2-14-11-16(5-3-13(14)10-15)26-8-6-23-7-9-26/h3,5,11,15,23H,2,4,6-10,22H2,1H3,(H,25,27)/t15-/m0/s1. The number of rotatable bonds is 3. The number of nitrogens with one attached hydrogen (secondary N) is 2. The fourth-order valence-electron chi connectivity index (χ4n) is 4.31. The van der Waals surface area contributed by atoms with Gasteiger partial charge in [-0.25, -0.2) is 4.98 Å². The molecule has 0 saturated carbocycles. The summed E-state index contributed by atoms with van der Waals surface area (Å²) >= 11 is 2.95. The Hall–Kier alpha value is -2.16. The average molecular weight is 428 g/mol. The molecule has 1 fully saturated rings. The minimum absolute atomic E-state index is 0.0683. The monoisotopic (exact) mass is 427 g/mol. The van der Waals surface area contributed by atoms with E-state index in [1.165, 1.54) is 28.2 Å². The molecule has 0 radical (unpaired) electrons. The van der Waals surface area contributed by atoms with Crippen molar-refractivity contribution in [1.29, 1.82) is 0 Å². The van der Waals surface area contributed by atoms with Crippen LogP contribution in [0.25, 0.3) is 9.53 Å². The van der Waals surface area contributed by atoms with E-state index in [1.54, 1.807) is 11.3 Å². The summed E-state index contributed by atoms with van der Waals surface area (Å²) in [6.07, 6.45) is 2.83. The maximum absolute atomic E-state index is 12.8. The second-order valence-electron chi connectivity index (χ2n) is 7.82. The van der Waals surface area contributed by atoms with Gasteiger partial charge in [-0.05, 0) is 49.4 Å². The molecule has 3 heterocycles. The maximum atomic E-state index is 12.8. The molecule has 5 rings (SSSR count). The number of benzene rings is 1. The second kappa shape index (κ2) is 7.59. The molecule has 6 nitrogen and oxygen atoms in total. The van der Waals surface area contributed by atoms with Gasteiger partial charge >= 0.3 is 0 Å². The van der Waals surface area contributed by atoms with Gasteiger partial charge in [-0.15, -0.1) is 22.7 Å². The molecule has 152 valence electrons. The lowest BCUT2D eigenvalue weighted by Crippen LogP contribution is -2.43. The van der Waals surface area contributed by atoms with Crippen LogP contribution in [0.4, 0.5) is 11.4 Å². The highest BCUT2D eigenvalue weighted by Crippen LogP contribution is 2.37. The van der Waals surface area contributed by atoms with Crippen molar-refractivity contribution in [3.8, 4) is 0 Å². The summed E-state index contributed by atoms with van der Waals surface area (Å²) in [5.41, 5.74) is 10.9. The third-order valence-corrected chi connectivity index (χ3v) is 8.06. The van der Waals surface area contributed by atoms with Crippen molar-refractivity contribution in [2.75, 3.05) is 36.8 Å². The first-order valence-electron chi connectivity index (χ1n) is 10.1. The van der Waals surface area contributed by atoms with Gasteiger partial charge in [0.05, 0.1) is 15.4 Å². The number of thiophene rings is 1. The largest absolute Gasteiger partial charge is 0.396 e. The molecule has 0 bridgehead atoms. The van der Waals surface area contributed by atoms with Crippen LogP contribution < -0.4 is 21.3 Å². The van der Waals surface area contributed by atoms with Gasteiger partial charge in [0.1, 0.15) is 9.71 Å². The molecular weight excluding hydrogens is 402 g/mol. The van der Waals surface area contributed by atoms with Crippen molar-refractivity contribution in [2.45, 2.75) is 32.2 Å². The summed E-state index contributed by atoms with van der Waals surface area (Å²) in [7, 11) is 0. The number of amides is 1. The Morgan fingerprint density at radius 3 is 2.90 bits per heavy atom. The number of nitrogen functional groups attached to an aromatic ring is 1. The van der Waals surface area contributed by atoms with Crippen LogP contribution in [0.3, 0.4) is 0 Å². The van der Waals surface area contributed by atoms with Crippen LogP contribution in [0, 0.1) is 6.92 Å². The summed E-state index contributed by atoms with van der Waals surface area (Å²) in [6, 6.07) is 6.97. The molecular formula is C21H25N5OS2. The zero-order valence-corrected chi connectivity index (χ0v) is 18.1. The molecule has 1 saturated heterocycles. The van der Waals surface area contributed by atoms with E-state index in [0.29, 0.717) is 10.6 Å². The molecule has 29 heavy (non-hydrogen) atoms. The number of hydrogen-bond donors (Lipinski definition) is 3. The predicted molar refractivity (Wildman–Crippen MR) is 121 cm³/mol. The number of hydrogen-bond acceptors (Lipinski definition) is 7. The molecule has 4 N–H and O–H groups in total. The number of thiazole rings is 1. The fraction of sp³-hybridized carbons (Fsp3) is 0.429. The van der Waals surface area contributed by atoms with E-state index in [1.807, 2.05) is 6.92 Å². The van der Waals surface area contributed by atoms with E-state index < -0.39 is 0 Å². The van der Waals surface area contributed by atoms with Crippen LogP contribution in [0.1, 0.15) is 32.2 Å². The zero-order chi connectivity index (χ0) is 20.0. The molecule has 1 atom stereocenters. The van der Waals surface area contributed by atoms with Crippen molar-refractivity contribution in [1.82, 2.24) is 15.6 Å². The fourth-order valence-corrected chi connectivity index (χ4v) is 6.40. The number of piperazine rings is 1. The predicted octanol–water partition coefficient (Wildman–Crippen LogP) is 2.95. The SMILES string of the molecule is Cc1nc2sc(C(=O)N[C@H]3CCc4cc(N5CCNCC5)ccc4C3)c(N)c2s1. The lowest BCUT2D eigenvalue weighted by Gasteiger charge is -2.31. The molecule has 1 amide bonds. The second-order valence-corrected chi connectivity index (χ2v) is 10.0. The molecule has 8 heteroatoms. The number of fused-ring (bicyclic) bond motifs is 2. The molecule has 0 spiro atoms. The quantitative estimate of drug-likeness (QED) is 0.599. The van der Waals surface area contributed by atoms with E-state index >= 15 is 0 Å². The van der Waals surface area contributed by atoms with Gasteiger partial charge in [0.25, 0.3) is 5.91 Å². The van der Waals surface area contributed by atoms with Gasteiger partial charge in [0, 0.05) is 37.9 Å². The highest BCUT2D eigenvalue weighted by atomic mass is 32.1. The van der Waals surface area contributed by atoms with Gasteiger partial charge in [-0.2, -0.15) is 0 Å². The highest BCUT2D eigenvalue weighted by Gasteiger charge is 2.25. The van der Waals surface area contributed by atoms with Crippen molar-refractivity contribution in [3.63, 3.8) is 0 Å². The van der Waals surface area contributed by atoms with E-state index in [4.69, 9.17) is 5.73 Å². The minimum Gasteiger partial charge on any atom is -0.396 e. The van der Waals surface area contributed by atoms with Crippen molar-refractivity contribution >= 4 is 49.5 Å². The van der Waals surface area contributed by atoms with Crippen LogP contribution in [0.2, 0.25) is 0 Å². The number of nitrogens with zero attached hydrogens (tertiary/aromatic N) is 2. The molecule has 2 aliphatic rings. The van der Waals surface area contributed by atoms with E-state index in [0.717, 1.165) is 60.0 Å². The van der Waals surface area contributed by atoms with E-state index in [9.17, 15) is 4.79 Å². The van der Waals surface area contributed by atoms with E-state index in [2.05, 4.69) is 38.7 Å². The highest BCUT2D eigenvalue weighted by molar-refractivity contribution is 7.29. The van der Waals surface area contributed by atoms with Gasteiger partial charge < -0.3 is 21.3 Å². The Morgan fingerprint density at radius 1 is 1.28 bits per heavy atom. The van der Waals surface area contributed by atoms with Crippen molar-refractivity contribution in [3.05, 3.63) is 39.2 Å². The number of aromatic nitrogens is 1. The molecule has 3 aromatic rings. The molecule has 1 aliphatic carbocycles. The lowest BCUT2D eigenvalue weighted by molar-refractivity contribution is 0.0938. The van der Waals surface area contributed by atoms with Crippen molar-refractivity contribution < 1.29 is 4.79 Å². The third kappa shape index (κ3) is 3.60. The Kier molecular flexibility index (Phi) is 4.93. The number of carbonyl (C=O) groups excluding carboxylic acids is 1. The molecule has 2 aromatic heterocycles. The van der Waals surface area contributed by atoms with Crippen LogP contribution in [-0.2, 0) is 12.8 Å². The topological polar surface area (TPSA) is 83.3 Å². The van der Waals surface area contributed by atoms with Crippen LogP contribution in [-0.4, -0.2) is 43.1 Å². The summed E-state index contributed by atoms with van der Waals surface area (Å²) < 4.78 is 0.937. The zero-order valence-electron chi connectivity index (χ0n) is 16.5. The summed E-state index contributed by atoms with van der Waals surface area (Å²) in [4.78, 5) is 21.2. The molecule has 0 unspecified atom stereocenters. The Bertz CT molecular complexity index is 1070. The third-order valence-electron chi connectivity index (χ3n) is 5.83. The van der Waals surface area contributed by atoms with Crippen LogP contribution in [0.5, 0.6) is 0 Å². The summed E-state index contributed by atoms with van der Waals surface area (Å²) in [5, 5.41) is 7.59. The Labute approximate surface area is 178 Å². The Morgan fingerprint density at radius 2 is 2.10 bits per heavy atom. The van der Waals surface area contributed by atoms with E-state index in [-0.39, 0.29) is 11.9 Å². The number of aryl methyl sites for hydroxylation is 2. The summed E-state index contributed by atoms with van der Waals surface area (Å²) in [6.45, 7) is 6.18. The number of carbonyl (C=O) groups is 1. The minimum atomic E-state index is -0.0683. The number of anilines is 2. The first-order chi connectivity index (χ1) is 14.1. The van der Waals surface area contributed by atoms with Crippen LogP contribution in [0.15, 0.2) is 18.2 Å². The van der Waals surface area contributed by atoms with Crippen molar-refractivity contribution in [2.24, 2.45) is 0 Å². The smallest absolute Gasteiger partial charge is 0.263 e. The molecule has 1 aromatic carbocycles. The van der Waals surface area contributed by atoms with Gasteiger partial charge in [0.2, 0.25) is 0 Å². The van der Waals surface area contributed by atoms with Gasteiger partial charge in [-0.3, -0.25) is 4.79 Å². The van der Waals surface area contributed by atoms with Crippen LogP contribution >= 0.6 is 22.7 Å². The van der Waals surface area contributed by atoms with Gasteiger partial charge in [0.15, 0.2) is 0 Å². The normalized spacial score (nSPS) is 19.3. The Balaban J connectivity index is 1.28. The molecule has 1 aliphatic heterocycles.